The van der Waals surface area contributed by atoms with Crippen LogP contribution >= 0.6 is 0 Å². The molecule has 3 nitrogen and oxygen atoms in total. The lowest BCUT2D eigenvalue weighted by atomic mass is 10.0. The van der Waals surface area contributed by atoms with Crippen molar-refractivity contribution in [3.8, 4) is 0 Å². The molecule has 0 unspecified atom stereocenters. The molecule has 2 aliphatic carbocycles. The third kappa shape index (κ3) is 1.69. The molecule has 1 aromatic rings. The third-order valence-electron chi connectivity index (χ3n) is 3.98. The van der Waals surface area contributed by atoms with E-state index in [9.17, 15) is 0 Å². The van der Waals surface area contributed by atoms with Crippen molar-refractivity contribution in [2.75, 3.05) is 7.05 Å². The number of aromatic nitrogens is 2. The molecule has 2 saturated carbocycles. The molecule has 0 radical (unpaired) electrons. The fourth-order valence-electron chi connectivity index (χ4n) is 2.71. The van der Waals surface area contributed by atoms with Crippen LogP contribution in [0.25, 0.3) is 0 Å². The van der Waals surface area contributed by atoms with E-state index < -0.39 is 0 Å². The molecular weight excluding hydrogens is 186 g/mol. The van der Waals surface area contributed by atoms with Gasteiger partial charge in [-0.1, -0.05) is 0 Å². The van der Waals surface area contributed by atoms with E-state index >= 15 is 0 Å². The summed E-state index contributed by atoms with van der Waals surface area (Å²) in [6.07, 6.45) is 9.80. The van der Waals surface area contributed by atoms with Crippen molar-refractivity contribution in [2.24, 2.45) is 11.3 Å². The molecule has 3 heteroatoms. The van der Waals surface area contributed by atoms with Crippen LogP contribution in [0.15, 0.2) is 12.5 Å². The van der Waals surface area contributed by atoms with Gasteiger partial charge in [-0.15, -0.1) is 0 Å². The summed E-state index contributed by atoms with van der Waals surface area (Å²) in [6.45, 7) is 2.13. The maximum Gasteiger partial charge on any atom is 0.0948 e. The Morgan fingerprint density at radius 3 is 2.93 bits per heavy atom. The number of hydrogen-bond acceptors (Lipinski definition) is 2. The summed E-state index contributed by atoms with van der Waals surface area (Å²) in [4.78, 5) is 4.26. The molecular formula is C12H19N3. The Kier molecular flexibility index (Phi) is 2.09. The van der Waals surface area contributed by atoms with E-state index in [4.69, 9.17) is 0 Å². The number of rotatable bonds is 5. The molecule has 1 aromatic heterocycles. The number of nitrogens with zero attached hydrogens (tertiary/aromatic N) is 2. The number of hydrogen-bond donors (Lipinski definition) is 1. The molecule has 0 spiro atoms. The Hall–Kier alpha value is -0.830. The quantitative estimate of drug-likeness (QED) is 0.794. The summed E-state index contributed by atoms with van der Waals surface area (Å²) in [7, 11) is 1.99. The predicted molar refractivity (Wildman–Crippen MR) is 59.4 cm³/mol. The number of imidazole rings is 1. The Balaban J connectivity index is 1.73. The van der Waals surface area contributed by atoms with Gasteiger partial charge in [-0.05, 0) is 44.1 Å². The fourth-order valence-corrected chi connectivity index (χ4v) is 2.71. The molecule has 1 N–H and O–H groups in total. The second kappa shape index (κ2) is 3.34. The van der Waals surface area contributed by atoms with Crippen molar-refractivity contribution in [1.82, 2.24) is 14.9 Å². The van der Waals surface area contributed by atoms with E-state index in [-0.39, 0.29) is 0 Å². The fraction of sp³-hybridized carbons (Fsp3) is 0.750. The van der Waals surface area contributed by atoms with Crippen LogP contribution in [0.4, 0.5) is 0 Å². The van der Waals surface area contributed by atoms with Crippen LogP contribution in [0.5, 0.6) is 0 Å². The first-order chi connectivity index (χ1) is 7.34. The van der Waals surface area contributed by atoms with Crippen LogP contribution in [0.1, 0.15) is 31.4 Å². The molecule has 0 saturated heterocycles. The normalized spacial score (nSPS) is 23.0. The highest BCUT2D eigenvalue weighted by atomic mass is 15.1. The smallest absolute Gasteiger partial charge is 0.0948 e. The molecule has 0 aromatic carbocycles. The molecule has 2 fully saturated rings. The van der Waals surface area contributed by atoms with Gasteiger partial charge in [0.1, 0.15) is 0 Å². The zero-order chi connectivity index (χ0) is 10.3. The summed E-state index contributed by atoms with van der Waals surface area (Å²) in [5.41, 5.74) is 1.99. The maximum absolute atomic E-state index is 4.26. The first kappa shape index (κ1) is 9.40. The second-order valence-electron chi connectivity index (χ2n) is 5.18. The summed E-state index contributed by atoms with van der Waals surface area (Å²) in [5.74, 6) is 1.03. The molecule has 2 aliphatic rings. The van der Waals surface area contributed by atoms with Crippen molar-refractivity contribution in [2.45, 2.75) is 38.8 Å². The average molecular weight is 205 g/mol. The van der Waals surface area contributed by atoms with Crippen molar-refractivity contribution in [3.05, 3.63) is 18.2 Å². The highest BCUT2D eigenvalue weighted by molar-refractivity contribution is 5.07. The van der Waals surface area contributed by atoms with E-state index in [2.05, 4.69) is 14.9 Å². The summed E-state index contributed by atoms with van der Waals surface area (Å²) < 4.78 is 2.35. The lowest BCUT2D eigenvalue weighted by molar-refractivity contribution is 0.363. The standard InChI is InChI=1S/C12H19N3/c1-13-6-11-7-14-9-15(11)8-12(4-5-12)10-2-3-10/h7,9-10,13H,2-6,8H2,1H3. The minimum Gasteiger partial charge on any atom is -0.333 e. The molecule has 0 bridgehead atoms. The van der Waals surface area contributed by atoms with Gasteiger partial charge < -0.3 is 9.88 Å². The lowest BCUT2D eigenvalue weighted by Crippen LogP contribution is -2.17. The van der Waals surface area contributed by atoms with Crippen LogP contribution < -0.4 is 5.32 Å². The molecule has 1 heterocycles. The van der Waals surface area contributed by atoms with Crippen molar-refractivity contribution >= 4 is 0 Å². The molecule has 15 heavy (non-hydrogen) atoms. The van der Waals surface area contributed by atoms with Gasteiger partial charge in [0.05, 0.1) is 12.0 Å². The number of nitrogens with one attached hydrogen (secondary N) is 1. The zero-order valence-corrected chi connectivity index (χ0v) is 9.37. The Labute approximate surface area is 90.9 Å². The van der Waals surface area contributed by atoms with Crippen molar-refractivity contribution in [3.63, 3.8) is 0 Å². The topological polar surface area (TPSA) is 29.9 Å². The minimum atomic E-state index is 0.670. The molecule has 0 amide bonds. The Morgan fingerprint density at radius 2 is 2.33 bits per heavy atom. The van der Waals surface area contributed by atoms with Crippen molar-refractivity contribution in [1.29, 1.82) is 0 Å². The lowest BCUT2D eigenvalue weighted by Gasteiger charge is -2.16. The van der Waals surface area contributed by atoms with Gasteiger partial charge in [0.25, 0.3) is 0 Å². The maximum atomic E-state index is 4.26. The van der Waals surface area contributed by atoms with E-state index in [0.29, 0.717) is 5.41 Å². The highest BCUT2D eigenvalue weighted by Gasteiger charge is 2.53. The summed E-state index contributed by atoms with van der Waals surface area (Å²) in [5, 5.41) is 3.20. The molecule has 0 aliphatic heterocycles. The summed E-state index contributed by atoms with van der Waals surface area (Å²) >= 11 is 0. The Morgan fingerprint density at radius 1 is 1.53 bits per heavy atom. The SMILES string of the molecule is CNCc1cncn1CC1(C2CC2)CC1. The van der Waals surface area contributed by atoms with Gasteiger partial charge in [0.15, 0.2) is 0 Å². The molecule has 82 valence electrons. The monoisotopic (exact) mass is 205 g/mol. The largest absolute Gasteiger partial charge is 0.333 e. The van der Waals surface area contributed by atoms with Gasteiger partial charge in [-0.3, -0.25) is 0 Å². The average Bonchev–Trinajstić information content (AvgIpc) is 3.09. The van der Waals surface area contributed by atoms with E-state index in [1.807, 2.05) is 19.6 Å². The van der Waals surface area contributed by atoms with Crippen LogP contribution in [0, 0.1) is 11.3 Å². The van der Waals surface area contributed by atoms with Gasteiger partial charge in [0, 0.05) is 19.3 Å². The van der Waals surface area contributed by atoms with Crippen LogP contribution in [0.2, 0.25) is 0 Å². The molecule has 3 rings (SSSR count). The van der Waals surface area contributed by atoms with Gasteiger partial charge in [-0.2, -0.15) is 0 Å². The van der Waals surface area contributed by atoms with Gasteiger partial charge >= 0.3 is 0 Å². The van der Waals surface area contributed by atoms with Crippen molar-refractivity contribution < 1.29 is 0 Å². The van der Waals surface area contributed by atoms with Crippen LogP contribution in [0.3, 0.4) is 0 Å². The first-order valence-electron chi connectivity index (χ1n) is 5.98. The van der Waals surface area contributed by atoms with Crippen LogP contribution in [-0.2, 0) is 13.1 Å². The molecule has 0 atom stereocenters. The van der Waals surface area contributed by atoms with Gasteiger partial charge in [0.2, 0.25) is 0 Å². The minimum absolute atomic E-state index is 0.670. The highest BCUT2D eigenvalue weighted by Crippen LogP contribution is 2.62. The van der Waals surface area contributed by atoms with E-state index in [0.717, 1.165) is 12.5 Å². The first-order valence-corrected chi connectivity index (χ1v) is 5.98. The van der Waals surface area contributed by atoms with E-state index in [1.165, 1.54) is 37.9 Å². The third-order valence-corrected chi connectivity index (χ3v) is 3.98. The van der Waals surface area contributed by atoms with E-state index in [1.54, 1.807) is 0 Å². The predicted octanol–water partition coefficient (Wildman–Crippen LogP) is 1.79. The summed E-state index contributed by atoms with van der Waals surface area (Å²) in [6, 6.07) is 0. The second-order valence-corrected chi connectivity index (χ2v) is 5.18. The van der Waals surface area contributed by atoms with Crippen LogP contribution in [-0.4, -0.2) is 16.6 Å². The zero-order valence-electron chi connectivity index (χ0n) is 9.37. The van der Waals surface area contributed by atoms with Gasteiger partial charge in [-0.25, -0.2) is 4.98 Å². The Bertz CT molecular complexity index is 348.